The zero-order valence-electron chi connectivity index (χ0n) is 25.4. The number of carboxylic acid groups (broad SMARTS) is 1. The molecule has 1 aliphatic carbocycles. The number of carboxylic acids is 1. The molecule has 1 heterocycles. The highest BCUT2D eigenvalue weighted by Gasteiger charge is 2.42. The van der Waals surface area contributed by atoms with Crippen molar-refractivity contribution in [2.24, 2.45) is 5.41 Å². The van der Waals surface area contributed by atoms with Gasteiger partial charge in [0.1, 0.15) is 11.9 Å². The van der Waals surface area contributed by atoms with Crippen LogP contribution in [0, 0.1) is 12.3 Å². The van der Waals surface area contributed by atoms with E-state index in [0.717, 1.165) is 59.2 Å². The van der Waals surface area contributed by atoms with Crippen molar-refractivity contribution in [3.8, 4) is 16.9 Å². The molecule has 5 rings (SSSR count). The number of rotatable bonds is 7. The van der Waals surface area contributed by atoms with E-state index in [1.807, 2.05) is 25.1 Å². The standard InChI is InChI=1S/C35H36F3NO5/c1-20-12-26(15-28(13-20)35(36,37)38)31-21(2)39(33(42)44-31)19-27-18-34(3,4)11-10-30(27)25-14-24(16-29(17-25)43-5)22-6-8-23(9-7-22)32(40)41/h6-9,12-17,21,31H,10-11,18-19H2,1-5H3,(H,40,41)/t21-,31-/m0/s1. The van der Waals surface area contributed by atoms with E-state index in [9.17, 15) is 27.9 Å². The number of amides is 1. The summed E-state index contributed by atoms with van der Waals surface area (Å²) in [6, 6.07) is 15.9. The van der Waals surface area contributed by atoms with Crippen LogP contribution in [-0.4, -0.2) is 41.8 Å². The van der Waals surface area contributed by atoms with Gasteiger partial charge in [-0.1, -0.05) is 37.6 Å². The third-order valence-electron chi connectivity index (χ3n) is 8.64. The molecule has 0 saturated carbocycles. The molecule has 3 aromatic rings. The number of carbonyl (C=O) groups excluding carboxylic acids is 1. The lowest BCUT2D eigenvalue weighted by Gasteiger charge is -2.35. The Kier molecular flexibility index (Phi) is 8.27. The SMILES string of the molecule is COc1cc(C2=C(CN3C(=O)O[C@H](c4cc(C)cc(C(F)(F)F)c4)[C@@H]3C)CC(C)(C)CC2)cc(-c2ccc(C(=O)O)cc2)c1. The molecule has 2 aliphatic rings. The van der Waals surface area contributed by atoms with Gasteiger partial charge in [-0.3, -0.25) is 4.90 Å². The van der Waals surface area contributed by atoms with Crippen molar-refractivity contribution < 1.29 is 37.3 Å². The molecule has 232 valence electrons. The molecule has 9 heteroatoms. The van der Waals surface area contributed by atoms with Gasteiger partial charge in [0.15, 0.2) is 0 Å². The van der Waals surface area contributed by atoms with Crippen molar-refractivity contribution in [2.75, 3.05) is 13.7 Å². The van der Waals surface area contributed by atoms with Gasteiger partial charge in [0.2, 0.25) is 0 Å². The highest BCUT2D eigenvalue weighted by molar-refractivity contribution is 5.88. The molecule has 0 spiro atoms. The van der Waals surface area contributed by atoms with Gasteiger partial charge in [0, 0.05) is 6.54 Å². The zero-order valence-corrected chi connectivity index (χ0v) is 25.4. The lowest BCUT2D eigenvalue weighted by molar-refractivity contribution is -0.137. The normalized spacial score (nSPS) is 20.1. The second kappa shape index (κ2) is 11.7. The topological polar surface area (TPSA) is 76.1 Å². The summed E-state index contributed by atoms with van der Waals surface area (Å²) in [6.07, 6.45) is -3.48. The predicted octanol–water partition coefficient (Wildman–Crippen LogP) is 8.93. The number of cyclic esters (lactones) is 1. The smallest absolute Gasteiger partial charge is 0.416 e. The highest BCUT2D eigenvalue weighted by atomic mass is 19.4. The van der Waals surface area contributed by atoms with E-state index in [0.29, 0.717) is 16.9 Å². The molecular weight excluding hydrogens is 571 g/mol. The molecule has 0 bridgehead atoms. The third-order valence-corrected chi connectivity index (χ3v) is 8.64. The number of ether oxygens (including phenoxy) is 2. The number of aromatic carboxylic acids is 1. The minimum Gasteiger partial charge on any atom is -0.497 e. The molecule has 0 aromatic heterocycles. The van der Waals surface area contributed by atoms with Crippen LogP contribution in [0.4, 0.5) is 18.0 Å². The van der Waals surface area contributed by atoms with Crippen LogP contribution in [0.1, 0.15) is 78.7 Å². The molecule has 0 radical (unpaired) electrons. The second-order valence-electron chi connectivity index (χ2n) is 12.6. The number of halogens is 3. The average Bonchev–Trinajstić information content (AvgIpc) is 3.24. The predicted molar refractivity (Wildman–Crippen MR) is 162 cm³/mol. The Morgan fingerprint density at radius 2 is 1.73 bits per heavy atom. The van der Waals surface area contributed by atoms with E-state index >= 15 is 0 Å². The monoisotopic (exact) mass is 607 g/mol. The van der Waals surface area contributed by atoms with Crippen LogP contribution in [-0.2, 0) is 10.9 Å². The largest absolute Gasteiger partial charge is 0.497 e. The number of benzene rings is 3. The summed E-state index contributed by atoms with van der Waals surface area (Å²) < 4.78 is 52.0. The molecule has 2 atom stereocenters. The number of aryl methyl sites for hydroxylation is 1. The fraction of sp³-hybridized carbons (Fsp3) is 0.371. The molecule has 3 aromatic carbocycles. The van der Waals surface area contributed by atoms with Crippen LogP contribution < -0.4 is 4.74 Å². The number of hydrogen-bond acceptors (Lipinski definition) is 4. The third kappa shape index (κ3) is 6.47. The Hall–Kier alpha value is -4.27. The first-order valence-corrected chi connectivity index (χ1v) is 14.6. The van der Waals surface area contributed by atoms with Gasteiger partial charge >= 0.3 is 18.2 Å². The number of hydrogen-bond donors (Lipinski definition) is 1. The number of methoxy groups -OCH3 is 1. The summed E-state index contributed by atoms with van der Waals surface area (Å²) in [5.74, 6) is -0.354. The fourth-order valence-electron chi connectivity index (χ4n) is 6.28. The summed E-state index contributed by atoms with van der Waals surface area (Å²) in [4.78, 5) is 26.2. The number of alkyl halides is 3. The molecule has 1 fully saturated rings. The lowest BCUT2D eigenvalue weighted by atomic mass is 9.72. The van der Waals surface area contributed by atoms with Crippen LogP contribution in [0.3, 0.4) is 0 Å². The van der Waals surface area contributed by atoms with Gasteiger partial charge in [0.05, 0.1) is 24.3 Å². The highest BCUT2D eigenvalue weighted by Crippen LogP contribution is 2.45. The lowest BCUT2D eigenvalue weighted by Crippen LogP contribution is -2.35. The molecule has 44 heavy (non-hydrogen) atoms. The summed E-state index contributed by atoms with van der Waals surface area (Å²) in [7, 11) is 1.59. The minimum absolute atomic E-state index is 0.0163. The van der Waals surface area contributed by atoms with E-state index in [1.54, 1.807) is 49.3 Å². The van der Waals surface area contributed by atoms with E-state index < -0.39 is 35.9 Å². The van der Waals surface area contributed by atoms with Crippen LogP contribution in [0.15, 0.2) is 66.2 Å². The minimum atomic E-state index is -4.51. The van der Waals surface area contributed by atoms with E-state index in [4.69, 9.17) is 9.47 Å². The van der Waals surface area contributed by atoms with Crippen LogP contribution in [0.2, 0.25) is 0 Å². The van der Waals surface area contributed by atoms with Crippen molar-refractivity contribution in [3.05, 3.63) is 94.1 Å². The molecule has 6 nitrogen and oxygen atoms in total. The van der Waals surface area contributed by atoms with Gasteiger partial charge in [-0.25, -0.2) is 9.59 Å². The van der Waals surface area contributed by atoms with Gasteiger partial charge in [-0.05, 0) is 114 Å². The van der Waals surface area contributed by atoms with E-state index in [2.05, 4.69) is 13.8 Å². The van der Waals surface area contributed by atoms with Gasteiger partial charge in [-0.15, -0.1) is 0 Å². The summed E-state index contributed by atoms with van der Waals surface area (Å²) in [5, 5.41) is 9.30. The first-order valence-electron chi connectivity index (χ1n) is 14.6. The Balaban J connectivity index is 1.51. The average molecular weight is 608 g/mol. The molecule has 1 aliphatic heterocycles. The maximum Gasteiger partial charge on any atom is 0.416 e. The summed E-state index contributed by atoms with van der Waals surface area (Å²) >= 11 is 0. The van der Waals surface area contributed by atoms with Crippen LogP contribution >= 0.6 is 0 Å². The van der Waals surface area contributed by atoms with Crippen molar-refractivity contribution >= 4 is 17.6 Å². The molecule has 1 amide bonds. The quantitative estimate of drug-likeness (QED) is 0.290. The fourth-order valence-corrected chi connectivity index (χ4v) is 6.28. The Labute approximate surface area is 255 Å². The van der Waals surface area contributed by atoms with Crippen molar-refractivity contribution in [1.82, 2.24) is 4.90 Å². The van der Waals surface area contributed by atoms with Crippen molar-refractivity contribution in [1.29, 1.82) is 0 Å². The molecular formula is C35H36F3NO5. The van der Waals surface area contributed by atoms with Crippen LogP contribution in [0.25, 0.3) is 16.7 Å². The number of carbonyl (C=O) groups is 2. The van der Waals surface area contributed by atoms with E-state index in [-0.39, 0.29) is 17.5 Å². The summed E-state index contributed by atoms with van der Waals surface area (Å²) in [6.45, 7) is 8.06. The summed E-state index contributed by atoms with van der Waals surface area (Å²) in [5.41, 5.74) is 4.98. The molecule has 0 unspecified atom stereocenters. The Morgan fingerprint density at radius 1 is 1.05 bits per heavy atom. The van der Waals surface area contributed by atoms with Gasteiger partial charge < -0.3 is 14.6 Å². The van der Waals surface area contributed by atoms with E-state index in [1.165, 1.54) is 0 Å². The van der Waals surface area contributed by atoms with Crippen molar-refractivity contribution in [2.45, 2.75) is 65.3 Å². The van der Waals surface area contributed by atoms with Gasteiger partial charge in [-0.2, -0.15) is 13.2 Å². The van der Waals surface area contributed by atoms with Gasteiger partial charge in [0.25, 0.3) is 0 Å². The van der Waals surface area contributed by atoms with Crippen LogP contribution in [0.5, 0.6) is 5.75 Å². The Bertz CT molecular complexity index is 1620. The number of nitrogens with zero attached hydrogens (tertiary/aromatic N) is 1. The zero-order chi connectivity index (χ0) is 32.0. The first kappa shape index (κ1) is 31.2. The number of allylic oxidation sites excluding steroid dienone is 1. The molecule has 1 N–H and O–H groups in total. The Morgan fingerprint density at radius 3 is 2.36 bits per heavy atom. The maximum absolute atomic E-state index is 13.6. The maximum atomic E-state index is 13.6. The molecule has 1 saturated heterocycles. The second-order valence-corrected chi connectivity index (χ2v) is 12.6. The first-order chi connectivity index (χ1) is 20.6. The van der Waals surface area contributed by atoms with Crippen molar-refractivity contribution in [3.63, 3.8) is 0 Å².